The van der Waals surface area contributed by atoms with E-state index in [1.165, 1.54) is 7.11 Å². The summed E-state index contributed by atoms with van der Waals surface area (Å²) in [5.74, 6) is 0.755. The number of anilines is 1. The molecule has 1 aromatic heterocycles. The van der Waals surface area contributed by atoms with Crippen LogP contribution < -0.4 is 10.2 Å². The number of carbonyl (C=O) groups excluding carboxylic acids is 1. The minimum absolute atomic E-state index is 0.0764. The number of hydrogen-bond acceptors (Lipinski definition) is 6. The van der Waals surface area contributed by atoms with Gasteiger partial charge in [0.2, 0.25) is 5.91 Å². The molecule has 0 aliphatic carbocycles. The molecule has 1 fully saturated rings. The Bertz CT molecular complexity index is 483. The standard InChI is InChI=1S/C14H22N4O3/c1-10-4-13(17-9-16-10)18-7-12(21-3)5-11(18)6-15-14(19)8-20-2/h4,9,11-12H,5-8H2,1-3H3,(H,15,19)/t11-,12-/m0/s1. The van der Waals surface area contributed by atoms with Crippen molar-refractivity contribution in [3.8, 4) is 0 Å². The maximum atomic E-state index is 11.5. The molecule has 0 bridgehead atoms. The number of nitrogens with zero attached hydrogens (tertiary/aromatic N) is 3. The van der Waals surface area contributed by atoms with Crippen molar-refractivity contribution in [2.45, 2.75) is 25.5 Å². The second kappa shape index (κ2) is 7.33. The fraction of sp³-hybridized carbons (Fsp3) is 0.643. The average molecular weight is 294 g/mol. The summed E-state index contributed by atoms with van der Waals surface area (Å²) in [7, 11) is 3.21. The fourth-order valence-electron chi connectivity index (χ4n) is 2.53. The maximum Gasteiger partial charge on any atom is 0.246 e. The van der Waals surface area contributed by atoms with Gasteiger partial charge in [-0.25, -0.2) is 9.97 Å². The molecule has 2 atom stereocenters. The topological polar surface area (TPSA) is 76.6 Å². The summed E-state index contributed by atoms with van der Waals surface area (Å²) < 4.78 is 10.3. The lowest BCUT2D eigenvalue weighted by molar-refractivity contribution is -0.124. The molecule has 2 rings (SSSR count). The molecular formula is C14H22N4O3. The van der Waals surface area contributed by atoms with Crippen LogP contribution in [0.1, 0.15) is 12.1 Å². The van der Waals surface area contributed by atoms with Crippen LogP contribution in [0, 0.1) is 6.92 Å². The van der Waals surface area contributed by atoms with Gasteiger partial charge in [0, 0.05) is 39.1 Å². The smallest absolute Gasteiger partial charge is 0.246 e. The largest absolute Gasteiger partial charge is 0.380 e. The van der Waals surface area contributed by atoms with Gasteiger partial charge in [-0.05, 0) is 13.3 Å². The molecular weight excluding hydrogens is 272 g/mol. The van der Waals surface area contributed by atoms with Crippen LogP contribution in [0.2, 0.25) is 0 Å². The lowest BCUT2D eigenvalue weighted by atomic mass is 10.2. The van der Waals surface area contributed by atoms with Gasteiger partial charge in [-0.2, -0.15) is 0 Å². The van der Waals surface area contributed by atoms with Gasteiger partial charge >= 0.3 is 0 Å². The molecule has 21 heavy (non-hydrogen) atoms. The van der Waals surface area contributed by atoms with E-state index in [2.05, 4.69) is 20.2 Å². The Morgan fingerprint density at radius 1 is 1.48 bits per heavy atom. The highest BCUT2D eigenvalue weighted by atomic mass is 16.5. The molecule has 0 radical (unpaired) electrons. The molecule has 1 aliphatic heterocycles. The molecule has 7 nitrogen and oxygen atoms in total. The van der Waals surface area contributed by atoms with Gasteiger partial charge in [0.1, 0.15) is 18.8 Å². The van der Waals surface area contributed by atoms with E-state index in [0.29, 0.717) is 6.54 Å². The summed E-state index contributed by atoms with van der Waals surface area (Å²) in [6.07, 6.45) is 2.56. The molecule has 0 unspecified atom stereocenters. The van der Waals surface area contributed by atoms with Gasteiger partial charge in [-0.3, -0.25) is 4.79 Å². The minimum atomic E-state index is -0.114. The van der Waals surface area contributed by atoms with Crippen molar-refractivity contribution in [3.63, 3.8) is 0 Å². The van der Waals surface area contributed by atoms with Crippen LogP contribution in [0.25, 0.3) is 0 Å². The highest BCUT2D eigenvalue weighted by Gasteiger charge is 2.33. The lowest BCUT2D eigenvalue weighted by Gasteiger charge is -2.25. The maximum absolute atomic E-state index is 11.5. The van der Waals surface area contributed by atoms with Crippen molar-refractivity contribution in [1.29, 1.82) is 0 Å². The van der Waals surface area contributed by atoms with Crippen LogP contribution in [0.3, 0.4) is 0 Å². The number of methoxy groups -OCH3 is 2. The number of rotatable bonds is 6. The van der Waals surface area contributed by atoms with E-state index in [9.17, 15) is 4.79 Å². The van der Waals surface area contributed by atoms with E-state index in [1.54, 1.807) is 13.4 Å². The highest BCUT2D eigenvalue weighted by molar-refractivity contribution is 5.77. The summed E-state index contributed by atoms with van der Waals surface area (Å²) in [6.45, 7) is 3.32. The van der Waals surface area contributed by atoms with Crippen LogP contribution in [-0.4, -0.2) is 61.9 Å². The van der Waals surface area contributed by atoms with Crippen LogP contribution in [0.15, 0.2) is 12.4 Å². The zero-order valence-electron chi connectivity index (χ0n) is 12.7. The van der Waals surface area contributed by atoms with Gasteiger partial charge in [0.15, 0.2) is 0 Å². The summed E-state index contributed by atoms with van der Waals surface area (Å²) >= 11 is 0. The second-order valence-corrected chi connectivity index (χ2v) is 5.15. The summed E-state index contributed by atoms with van der Waals surface area (Å²) in [6, 6.07) is 2.10. The van der Waals surface area contributed by atoms with Crippen molar-refractivity contribution in [2.24, 2.45) is 0 Å². The van der Waals surface area contributed by atoms with Crippen molar-refractivity contribution in [2.75, 3.05) is 38.8 Å². The molecule has 1 aromatic rings. The normalized spacial score (nSPS) is 21.6. The molecule has 0 saturated carbocycles. The third-order valence-corrected chi connectivity index (χ3v) is 3.60. The van der Waals surface area contributed by atoms with E-state index in [1.807, 2.05) is 13.0 Å². The number of ether oxygens (including phenoxy) is 2. The molecule has 0 aromatic carbocycles. The predicted octanol–water partition coefficient (Wildman–Crippen LogP) is 0.141. The van der Waals surface area contributed by atoms with Crippen LogP contribution in [-0.2, 0) is 14.3 Å². The zero-order valence-corrected chi connectivity index (χ0v) is 12.7. The summed E-state index contributed by atoms with van der Waals surface area (Å²) in [5, 5.41) is 2.88. The Morgan fingerprint density at radius 2 is 2.29 bits per heavy atom. The Hall–Kier alpha value is -1.73. The van der Waals surface area contributed by atoms with Gasteiger partial charge in [0.05, 0.1) is 12.1 Å². The van der Waals surface area contributed by atoms with E-state index >= 15 is 0 Å². The highest BCUT2D eigenvalue weighted by Crippen LogP contribution is 2.25. The third-order valence-electron chi connectivity index (χ3n) is 3.60. The van der Waals surface area contributed by atoms with Crippen molar-refractivity contribution < 1.29 is 14.3 Å². The Labute approximate surface area is 124 Å². The fourth-order valence-corrected chi connectivity index (χ4v) is 2.53. The van der Waals surface area contributed by atoms with Crippen molar-refractivity contribution in [1.82, 2.24) is 15.3 Å². The summed E-state index contributed by atoms with van der Waals surface area (Å²) in [4.78, 5) is 22.1. The van der Waals surface area contributed by atoms with Crippen LogP contribution in [0.5, 0.6) is 0 Å². The number of aryl methyl sites for hydroxylation is 1. The molecule has 0 spiro atoms. The van der Waals surface area contributed by atoms with Gasteiger partial charge in [-0.15, -0.1) is 0 Å². The molecule has 1 N–H and O–H groups in total. The third kappa shape index (κ3) is 4.12. The number of nitrogens with one attached hydrogen (secondary N) is 1. The molecule has 1 amide bonds. The number of hydrogen-bond donors (Lipinski definition) is 1. The molecule has 2 heterocycles. The zero-order chi connectivity index (χ0) is 15.2. The van der Waals surface area contributed by atoms with Gasteiger partial charge < -0.3 is 19.7 Å². The molecule has 116 valence electrons. The van der Waals surface area contributed by atoms with Gasteiger partial charge in [0.25, 0.3) is 0 Å². The lowest BCUT2D eigenvalue weighted by Crippen LogP contribution is -2.41. The Kier molecular flexibility index (Phi) is 5.46. The van der Waals surface area contributed by atoms with Crippen LogP contribution in [0.4, 0.5) is 5.82 Å². The van der Waals surface area contributed by atoms with Crippen molar-refractivity contribution in [3.05, 3.63) is 18.1 Å². The SMILES string of the molecule is COCC(=O)NC[C@@H]1C[C@H](OC)CN1c1cc(C)ncn1. The number of aromatic nitrogens is 2. The van der Waals surface area contributed by atoms with E-state index in [-0.39, 0.29) is 24.7 Å². The van der Waals surface area contributed by atoms with Crippen molar-refractivity contribution >= 4 is 11.7 Å². The first-order valence-corrected chi connectivity index (χ1v) is 6.97. The minimum Gasteiger partial charge on any atom is -0.380 e. The second-order valence-electron chi connectivity index (χ2n) is 5.15. The first-order chi connectivity index (χ1) is 10.1. The van der Waals surface area contributed by atoms with Crippen LogP contribution >= 0.6 is 0 Å². The monoisotopic (exact) mass is 294 g/mol. The number of amides is 1. The first-order valence-electron chi connectivity index (χ1n) is 6.97. The quantitative estimate of drug-likeness (QED) is 0.804. The first kappa shape index (κ1) is 15.7. The molecule has 7 heteroatoms. The Balaban J connectivity index is 2.04. The number of carbonyl (C=O) groups is 1. The molecule has 1 saturated heterocycles. The predicted molar refractivity (Wildman–Crippen MR) is 78.2 cm³/mol. The van der Waals surface area contributed by atoms with Gasteiger partial charge in [-0.1, -0.05) is 0 Å². The Morgan fingerprint density at radius 3 is 2.95 bits per heavy atom. The van der Waals surface area contributed by atoms with E-state index < -0.39 is 0 Å². The average Bonchev–Trinajstić information content (AvgIpc) is 2.89. The van der Waals surface area contributed by atoms with E-state index in [0.717, 1.165) is 24.5 Å². The summed E-state index contributed by atoms with van der Waals surface area (Å²) in [5.41, 5.74) is 0.919. The van der Waals surface area contributed by atoms with E-state index in [4.69, 9.17) is 9.47 Å². The molecule has 1 aliphatic rings.